The summed E-state index contributed by atoms with van der Waals surface area (Å²) in [6.07, 6.45) is 10.3. The molecule has 0 saturated heterocycles. The largest absolute Gasteiger partial charge is 0.373 e. The van der Waals surface area contributed by atoms with Crippen molar-refractivity contribution in [1.29, 1.82) is 0 Å². The van der Waals surface area contributed by atoms with Gasteiger partial charge in [0.1, 0.15) is 16.2 Å². The number of H-pyrrole nitrogens is 2. The Labute approximate surface area is 202 Å². The van der Waals surface area contributed by atoms with E-state index in [1.54, 1.807) is 25.0 Å². The van der Waals surface area contributed by atoms with E-state index in [1.807, 2.05) is 0 Å². The van der Waals surface area contributed by atoms with Crippen molar-refractivity contribution in [2.75, 3.05) is 10.6 Å². The molecule has 4 aromatic heterocycles. The highest BCUT2D eigenvalue weighted by molar-refractivity contribution is 7.15. The van der Waals surface area contributed by atoms with Gasteiger partial charge in [0.15, 0.2) is 0 Å². The van der Waals surface area contributed by atoms with Crippen molar-refractivity contribution >= 4 is 38.8 Å². The summed E-state index contributed by atoms with van der Waals surface area (Å²) in [5.74, 6) is 0.386. The third-order valence-electron chi connectivity index (χ3n) is 5.66. The maximum absolute atomic E-state index is 12.2. The number of aliphatic hydroxyl groups excluding tert-OH is 1. The van der Waals surface area contributed by atoms with Crippen molar-refractivity contribution in [2.45, 2.75) is 56.6 Å². The minimum Gasteiger partial charge on any atom is -0.373 e. The van der Waals surface area contributed by atoms with Crippen LogP contribution in [0.3, 0.4) is 0 Å². The van der Waals surface area contributed by atoms with Gasteiger partial charge in [-0.1, -0.05) is 29.1 Å². The highest BCUT2D eigenvalue weighted by Crippen LogP contribution is 2.43. The molecular weight excluding hydrogens is 476 g/mol. The second-order valence-electron chi connectivity index (χ2n) is 8.19. The summed E-state index contributed by atoms with van der Waals surface area (Å²) in [6.45, 7) is 0. The smallest absolute Gasteiger partial charge is 0.232 e. The third kappa shape index (κ3) is 5.63. The Kier molecular flexibility index (Phi) is 6.87. The van der Waals surface area contributed by atoms with Crippen LogP contribution in [0.2, 0.25) is 0 Å². The van der Waals surface area contributed by atoms with Crippen LogP contribution in [0.1, 0.15) is 58.9 Å². The molecule has 3 atom stereocenters. The van der Waals surface area contributed by atoms with Crippen LogP contribution in [-0.2, 0) is 17.6 Å². The first-order valence-corrected chi connectivity index (χ1v) is 12.6. The van der Waals surface area contributed by atoms with Gasteiger partial charge in [0.25, 0.3) is 0 Å². The zero-order valence-corrected chi connectivity index (χ0v) is 19.8. The van der Waals surface area contributed by atoms with E-state index in [1.165, 1.54) is 22.7 Å². The topological polar surface area (TPSA) is 170 Å². The monoisotopic (exact) mass is 500 g/mol. The van der Waals surface area contributed by atoms with Crippen LogP contribution in [-0.4, -0.2) is 57.6 Å². The minimum absolute atomic E-state index is 0.155. The Morgan fingerprint density at radius 1 is 1.00 bits per heavy atom. The molecular formula is C20H24N10O2S2. The molecule has 1 aliphatic carbocycles. The second kappa shape index (κ2) is 10.4. The van der Waals surface area contributed by atoms with E-state index in [2.05, 4.69) is 51.0 Å². The maximum Gasteiger partial charge on any atom is 0.232 e. The lowest BCUT2D eigenvalue weighted by atomic mass is 9.82. The normalized spacial score (nSPS) is 19.1. The number of carbonyl (C=O) groups is 1. The predicted molar refractivity (Wildman–Crippen MR) is 127 cm³/mol. The van der Waals surface area contributed by atoms with Crippen molar-refractivity contribution in [2.24, 2.45) is 0 Å². The van der Waals surface area contributed by atoms with Gasteiger partial charge in [-0.25, -0.2) is 9.97 Å². The Balaban J connectivity index is 1.16. The molecule has 1 saturated carbocycles. The molecule has 178 valence electrons. The number of aromatic amines is 2. The standard InChI is InChI=1S/C20H24N10O2S2/c31-15(5-13-7-21-9-23-13)25-19-29-27-17(33-19)11-2-1-3-12(4-11)18-28-30-20(34-18)26-16(32)6-14-8-22-10-24-14/h7-12,15,31H,1-6H2,(H,21,23)(H,22,24)(H,25,29)(H,26,30,32)/t11-,12-,15?/m0/s1. The van der Waals surface area contributed by atoms with Gasteiger partial charge in [0, 0.05) is 42.0 Å². The van der Waals surface area contributed by atoms with Gasteiger partial charge < -0.3 is 25.7 Å². The second-order valence-corrected chi connectivity index (χ2v) is 10.2. The highest BCUT2D eigenvalue weighted by Gasteiger charge is 2.29. The van der Waals surface area contributed by atoms with Crippen LogP contribution < -0.4 is 10.6 Å². The first kappa shape index (κ1) is 22.6. The SMILES string of the molecule is O=C(Cc1cnc[nH]1)Nc1nnc([C@H]2CCC[C@H](c3nnc(NC(O)Cc4cnc[nH]4)s3)C2)s1. The highest BCUT2D eigenvalue weighted by atomic mass is 32.1. The molecule has 4 heterocycles. The number of hydrogen-bond donors (Lipinski definition) is 5. The zero-order valence-electron chi connectivity index (χ0n) is 18.1. The van der Waals surface area contributed by atoms with Gasteiger partial charge in [0.05, 0.1) is 19.1 Å². The predicted octanol–water partition coefficient (Wildman–Crippen LogP) is 2.43. The summed E-state index contributed by atoms with van der Waals surface area (Å²) in [7, 11) is 0. The van der Waals surface area contributed by atoms with Gasteiger partial charge in [-0.15, -0.1) is 20.4 Å². The van der Waals surface area contributed by atoms with Gasteiger partial charge in [-0.2, -0.15) is 0 Å². The van der Waals surface area contributed by atoms with Crippen molar-refractivity contribution < 1.29 is 9.90 Å². The molecule has 1 aliphatic rings. The van der Waals surface area contributed by atoms with Crippen molar-refractivity contribution in [3.63, 3.8) is 0 Å². The molecule has 0 aromatic carbocycles. The Morgan fingerprint density at radius 2 is 1.65 bits per heavy atom. The average molecular weight is 501 g/mol. The van der Waals surface area contributed by atoms with Gasteiger partial charge in [0.2, 0.25) is 16.2 Å². The molecule has 5 rings (SSSR count). The number of hydrogen-bond acceptors (Lipinski definition) is 11. The Bertz CT molecular complexity index is 1190. The van der Waals surface area contributed by atoms with E-state index in [-0.39, 0.29) is 24.2 Å². The molecule has 34 heavy (non-hydrogen) atoms. The third-order valence-corrected chi connectivity index (χ3v) is 7.68. The lowest BCUT2D eigenvalue weighted by Gasteiger charge is -2.25. The van der Waals surface area contributed by atoms with Crippen LogP contribution >= 0.6 is 22.7 Å². The fraction of sp³-hybridized carbons (Fsp3) is 0.450. The Hall–Kier alpha value is -3.23. The lowest BCUT2D eigenvalue weighted by Crippen LogP contribution is -2.21. The molecule has 0 radical (unpaired) electrons. The summed E-state index contributed by atoms with van der Waals surface area (Å²) in [6, 6.07) is 0. The van der Waals surface area contributed by atoms with Crippen LogP contribution in [0.15, 0.2) is 25.0 Å². The summed E-state index contributed by atoms with van der Waals surface area (Å²) < 4.78 is 0. The van der Waals surface area contributed by atoms with Gasteiger partial charge >= 0.3 is 0 Å². The number of nitrogens with one attached hydrogen (secondary N) is 4. The number of amides is 1. The average Bonchev–Trinajstić information content (AvgIpc) is 3.63. The minimum atomic E-state index is -0.774. The zero-order chi connectivity index (χ0) is 23.3. The molecule has 0 aliphatic heterocycles. The van der Waals surface area contributed by atoms with Crippen LogP contribution in [0.5, 0.6) is 0 Å². The molecule has 1 fully saturated rings. The van der Waals surface area contributed by atoms with Crippen molar-refractivity contribution in [1.82, 2.24) is 40.3 Å². The van der Waals surface area contributed by atoms with Crippen LogP contribution in [0, 0.1) is 0 Å². The van der Waals surface area contributed by atoms with Crippen LogP contribution in [0.25, 0.3) is 0 Å². The fourth-order valence-electron chi connectivity index (χ4n) is 4.06. The number of anilines is 2. The number of rotatable bonds is 9. The number of carbonyl (C=O) groups excluding carboxylic acids is 1. The van der Waals surface area contributed by atoms with E-state index in [0.717, 1.165) is 47.1 Å². The number of imidazole rings is 2. The lowest BCUT2D eigenvalue weighted by molar-refractivity contribution is -0.115. The van der Waals surface area contributed by atoms with E-state index in [0.29, 0.717) is 16.7 Å². The molecule has 12 nitrogen and oxygen atoms in total. The number of aliphatic hydroxyl groups is 1. The van der Waals surface area contributed by atoms with Crippen molar-refractivity contribution in [3.05, 3.63) is 46.5 Å². The molecule has 5 N–H and O–H groups in total. The summed E-state index contributed by atoms with van der Waals surface area (Å²) in [5.41, 5.74) is 1.59. The number of nitrogens with zero attached hydrogens (tertiary/aromatic N) is 6. The van der Waals surface area contributed by atoms with Crippen LogP contribution in [0.4, 0.5) is 10.3 Å². The number of aromatic nitrogens is 8. The Morgan fingerprint density at radius 3 is 2.32 bits per heavy atom. The van der Waals surface area contributed by atoms with E-state index < -0.39 is 6.23 Å². The van der Waals surface area contributed by atoms with Gasteiger partial charge in [-0.3, -0.25) is 4.79 Å². The first-order valence-electron chi connectivity index (χ1n) is 11.0. The fourth-order valence-corrected chi connectivity index (χ4v) is 5.91. The molecule has 0 spiro atoms. The van der Waals surface area contributed by atoms with E-state index >= 15 is 0 Å². The molecule has 14 heteroatoms. The first-order chi connectivity index (χ1) is 16.6. The summed E-state index contributed by atoms with van der Waals surface area (Å²) in [5, 5.41) is 36.2. The summed E-state index contributed by atoms with van der Waals surface area (Å²) in [4.78, 5) is 26.0. The molecule has 0 bridgehead atoms. The summed E-state index contributed by atoms with van der Waals surface area (Å²) >= 11 is 2.90. The van der Waals surface area contributed by atoms with E-state index in [9.17, 15) is 9.90 Å². The molecule has 4 aromatic rings. The van der Waals surface area contributed by atoms with Gasteiger partial charge in [-0.05, 0) is 19.3 Å². The molecule has 1 unspecified atom stereocenters. The quantitative estimate of drug-likeness (QED) is 0.217. The maximum atomic E-state index is 12.2. The van der Waals surface area contributed by atoms with E-state index in [4.69, 9.17) is 0 Å². The molecule has 1 amide bonds. The van der Waals surface area contributed by atoms with Crippen molar-refractivity contribution in [3.8, 4) is 0 Å².